The molecule has 0 unspecified atom stereocenters. The van der Waals surface area contributed by atoms with E-state index in [1.165, 1.54) is 6.07 Å². The number of aromatic nitrogens is 3. The first-order valence-electron chi connectivity index (χ1n) is 12.4. The van der Waals surface area contributed by atoms with Crippen LogP contribution in [0.15, 0.2) is 96.0 Å². The van der Waals surface area contributed by atoms with Crippen LogP contribution in [0.5, 0.6) is 0 Å². The normalized spacial score (nSPS) is 14.5. The molecular weight excluding hydrogens is 516 g/mol. The summed E-state index contributed by atoms with van der Waals surface area (Å²) in [6, 6.07) is 24.0. The van der Waals surface area contributed by atoms with Gasteiger partial charge in [0.15, 0.2) is 0 Å². The predicted molar refractivity (Wildman–Crippen MR) is 149 cm³/mol. The average Bonchev–Trinajstić information content (AvgIpc) is 3.51. The van der Waals surface area contributed by atoms with E-state index in [4.69, 9.17) is 5.10 Å². The van der Waals surface area contributed by atoms with Crippen LogP contribution in [0.2, 0.25) is 0 Å². The monoisotopic (exact) mass is 541 g/mol. The van der Waals surface area contributed by atoms with Crippen LogP contribution in [-0.2, 0) is 6.54 Å². The van der Waals surface area contributed by atoms with Gasteiger partial charge >= 0.3 is 6.03 Å². The summed E-state index contributed by atoms with van der Waals surface area (Å²) in [4.78, 5) is 16.7. The maximum absolute atomic E-state index is 14.6. The van der Waals surface area contributed by atoms with Gasteiger partial charge < -0.3 is 14.8 Å². The number of halogens is 2. The molecule has 0 radical (unpaired) electrons. The second-order valence-corrected chi connectivity index (χ2v) is 10.2. The van der Waals surface area contributed by atoms with Crippen molar-refractivity contribution in [2.75, 3.05) is 11.6 Å². The van der Waals surface area contributed by atoms with E-state index in [0.29, 0.717) is 0 Å². The smallest absolute Gasteiger partial charge is 0.307 e. The van der Waals surface area contributed by atoms with Crippen LogP contribution >= 0.6 is 11.8 Å². The Morgan fingerprint density at radius 3 is 2.49 bits per heavy atom. The lowest BCUT2D eigenvalue weighted by atomic mass is 10.0. The van der Waals surface area contributed by atoms with Crippen molar-refractivity contribution in [1.82, 2.24) is 19.2 Å². The number of amides is 2. The van der Waals surface area contributed by atoms with Crippen LogP contribution in [0.4, 0.5) is 19.3 Å². The number of nitrogens with zero attached hydrogens (tertiary/aromatic N) is 4. The standard InChI is InChI=1S/C30H25F2N5OS/c1-19-24-18-36(30(38)33-26-15-12-21(31)17-25(26)32)28(20-10-13-23(39-2)14-11-20)27-9-6-16-35(27)29(24)37(34-19)22-7-4-3-5-8-22/h3-17,28H,18H2,1-2H3,(H,33,38)/t28-/m1/s1. The Morgan fingerprint density at radius 1 is 1.00 bits per heavy atom. The molecule has 0 bridgehead atoms. The minimum atomic E-state index is -0.837. The molecule has 0 fully saturated rings. The first-order valence-corrected chi connectivity index (χ1v) is 13.6. The summed E-state index contributed by atoms with van der Waals surface area (Å²) in [6.45, 7) is 2.14. The Labute approximate surface area is 228 Å². The Hall–Kier alpha value is -4.37. The summed E-state index contributed by atoms with van der Waals surface area (Å²) in [5.41, 5.74) is 4.22. The summed E-state index contributed by atoms with van der Waals surface area (Å²) >= 11 is 1.64. The topological polar surface area (TPSA) is 55.1 Å². The molecule has 2 amide bonds. The zero-order valence-electron chi connectivity index (χ0n) is 21.3. The fourth-order valence-electron chi connectivity index (χ4n) is 5.06. The fraction of sp³-hybridized carbons (Fsp3) is 0.133. The number of hydrogen-bond acceptors (Lipinski definition) is 3. The number of anilines is 1. The molecule has 1 atom stereocenters. The quantitative estimate of drug-likeness (QED) is 0.247. The molecule has 0 spiro atoms. The number of rotatable bonds is 4. The minimum Gasteiger partial charge on any atom is -0.307 e. The van der Waals surface area contributed by atoms with E-state index in [1.807, 2.05) is 90.8 Å². The predicted octanol–water partition coefficient (Wildman–Crippen LogP) is 7.11. The number of benzene rings is 3. The van der Waals surface area contributed by atoms with Crippen molar-refractivity contribution in [3.8, 4) is 11.5 Å². The van der Waals surface area contributed by atoms with E-state index in [1.54, 1.807) is 16.7 Å². The van der Waals surface area contributed by atoms with Crippen LogP contribution in [0, 0.1) is 18.6 Å². The second kappa shape index (κ2) is 10.1. The number of urea groups is 1. The highest BCUT2D eigenvalue weighted by Gasteiger charge is 2.36. The molecule has 6 rings (SSSR count). The SMILES string of the molecule is CSc1ccc([C@@H]2c3cccn3-c3c(c(C)nn3-c3ccccc3)CN2C(=O)Nc2ccc(F)cc2F)cc1. The maximum Gasteiger partial charge on any atom is 0.323 e. The van der Waals surface area contributed by atoms with E-state index in [2.05, 4.69) is 9.88 Å². The molecule has 3 aromatic carbocycles. The van der Waals surface area contributed by atoms with E-state index in [-0.39, 0.29) is 12.2 Å². The van der Waals surface area contributed by atoms with E-state index >= 15 is 0 Å². The summed E-state index contributed by atoms with van der Waals surface area (Å²) in [5, 5.41) is 7.51. The molecule has 3 heterocycles. The van der Waals surface area contributed by atoms with Gasteiger partial charge in [-0.3, -0.25) is 0 Å². The lowest BCUT2D eigenvalue weighted by molar-refractivity contribution is 0.194. The number of hydrogen-bond donors (Lipinski definition) is 1. The molecule has 0 aliphatic carbocycles. The van der Waals surface area contributed by atoms with Gasteiger partial charge in [0.2, 0.25) is 0 Å². The minimum absolute atomic E-state index is 0.0885. The number of aryl methyl sites for hydroxylation is 1. The number of para-hydroxylation sites is 1. The third-order valence-electron chi connectivity index (χ3n) is 6.95. The van der Waals surface area contributed by atoms with Gasteiger partial charge in [-0.25, -0.2) is 18.3 Å². The first-order chi connectivity index (χ1) is 18.9. The van der Waals surface area contributed by atoms with Crippen molar-refractivity contribution in [2.45, 2.75) is 24.4 Å². The molecule has 5 aromatic rings. The van der Waals surface area contributed by atoms with Crippen molar-refractivity contribution in [3.63, 3.8) is 0 Å². The second-order valence-electron chi connectivity index (χ2n) is 9.30. The Kier molecular flexibility index (Phi) is 6.44. The Bertz CT molecular complexity index is 1660. The zero-order valence-corrected chi connectivity index (χ0v) is 22.1. The molecule has 39 heavy (non-hydrogen) atoms. The zero-order chi connectivity index (χ0) is 27.1. The van der Waals surface area contributed by atoms with Gasteiger partial charge in [0.05, 0.1) is 35.3 Å². The van der Waals surface area contributed by atoms with Gasteiger partial charge in [0, 0.05) is 22.7 Å². The van der Waals surface area contributed by atoms with Gasteiger partial charge in [-0.05, 0) is 67.3 Å². The number of carbonyl (C=O) groups is 1. The average molecular weight is 542 g/mol. The maximum atomic E-state index is 14.6. The van der Waals surface area contributed by atoms with Crippen molar-refractivity contribution in [2.24, 2.45) is 0 Å². The number of thioether (sulfide) groups is 1. The highest BCUT2D eigenvalue weighted by molar-refractivity contribution is 7.98. The van der Waals surface area contributed by atoms with Gasteiger partial charge in [0.25, 0.3) is 0 Å². The molecule has 1 aliphatic heterocycles. The third kappa shape index (κ3) is 4.48. The molecule has 1 aliphatic rings. The fourth-order valence-corrected chi connectivity index (χ4v) is 5.47. The molecule has 9 heteroatoms. The summed E-state index contributed by atoms with van der Waals surface area (Å²) < 4.78 is 32.1. The molecule has 0 saturated heterocycles. The van der Waals surface area contributed by atoms with Gasteiger partial charge in [0.1, 0.15) is 17.5 Å². The van der Waals surface area contributed by atoms with Gasteiger partial charge in [-0.15, -0.1) is 11.8 Å². The van der Waals surface area contributed by atoms with Crippen molar-refractivity contribution < 1.29 is 13.6 Å². The molecule has 196 valence electrons. The van der Waals surface area contributed by atoms with Crippen LogP contribution in [0.25, 0.3) is 11.5 Å². The Balaban J connectivity index is 1.52. The highest BCUT2D eigenvalue weighted by atomic mass is 32.2. The van der Waals surface area contributed by atoms with Gasteiger partial charge in [-0.1, -0.05) is 30.3 Å². The van der Waals surface area contributed by atoms with Crippen LogP contribution in [-0.4, -0.2) is 31.5 Å². The number of carbonyl (C=O) groups excluding carboxylic acids is 1. The molecule has 6 nitrogen and oxygen atoms in total. The van der Waals surface area contributed by atoms with Crippen LogP contribution in [0.1, 0.15) is 28.6 Å². The Morgan fingerprint density at radius 2 is 1.77 bits per heavy atom. The number of fused-ring (bicyclic) bond motifs is 3. The van der Waals surface area contributed by atoms with Gasteiger partial charge in [-0.2, -0.15) is 5.10 Å². The molecular formula is C30H25F2N5OS. The van der Waals surface area contributed by atoms with Crippen LogP contribution < -0.4 is 5.32 Å². The summed E-state index contributed by atoms with van der Waals surface area (Å²) in [6.07, 6.45) is 3.98. The van der Waals surface area contributed by atoms with E-state index in [0.717, 1.165) is 51.0 Å². The lowest BCUT2D eigenvalue weighted by Crippen LogP contribution is -2.38. The van der Waals surface area contributed by atoms with E-state index in [9.17, 15) is 13.6 Å². The number of nitrogens with one attached hydrogen (secondary N) is 1. The molecule has 0 saturated carbocycles. The van der Waals surface area contributed by atoms with Crippen LogP contribution in [0.3, 0.4) is 0 Å². The van der Waals surface area contributed by atoms with Crippen molar-refractivity contribution in [3.05, 3.63) is 125 Å². The van der Waals surface area contributed by atoms with Crippen molar-refractivity contribution >= 4 is 23.5 Å². The first kappa shape index (κ1) is 24.9. The van der Waals surface area contributed by atoms with E-state index < -0.39 is 23.7 Å². The summed E-state index contributed by atoms with van der Waals surface area (Å²) in [7, 11) is 0. The summed E-state index contributed by atoms with van der Waals surface area (Å²) in [5.74, 6) is -0.706. The third-order valence-corrected chi connectivity index (χ3v) is 7.70. The lowest BCUT2D eigenvalue weighted by Gasteiger charge is -2.31. The largest absolute Gasteiger partial charge is 0.323 e. The van der Waals surface area contributed by atoms with Crippen molar-refractivity contribution in [1.29, 1.82) is 0 Å². The highest BCUT2D eigenvalue weighted by Crippen LogP contribution is 2.39. The molecule has 2 aromatic heterocycles. The molecule has 1 N–H and O–H groups in total.